The third-order valence-corrected chi connectivity index (χ3v) is 6.03. The fourth-order valence-corrected chi connectivity index (χ4v) is 4.36. The van der Waals surface area contributed by atoms with Crippen molar-refractivity contribution in [3.8, 4) is 5.75 Å². The summed E-state index contributed by atoms with van der Waals surface area (Å²) in [5.41, 5.74) is 5.23. The summed E-state index contributed by atoms with van der Waals surface area (Å²) in [6.07, 6.45) is 1.25. The molecule has 1 aliphatic heterocycles. The maximum absolute atomic E-state index is 13.2. The highest BCUT2D eigenvalue weighted by molar-refractivity contribution is 7.73. The largest absolute Gasteiger partial charge is 0.470 e. The molecule has 1 aliphatic rings. The number of aromatic amines is 1. The van der Waals surface area contributed by atoms with Crippen LogP contribution in [0.1, 0.15) is 28.4 Å². The van der Waals surface area contributed by atoms with Gasteiger partial charge in [-0.05, 0) is 74.1 Å². The number of likely N-dealkylation sites (N-methyl/N-ethyl adjacent to an activating group) is 1. The van der Waals surface area contributed by atoms with E-state index in [1.165, 1.54) is 11.3 Å². The van der Waals surface area contributed by atoms with Gasteiger partial charge in [0.1, 0.15) is 5.75 Å². The Balaban J connectivity index is 1.69. The normalized spacial score (nSPS) is 17.6. The van der Waals surface area contributed by atoms with Crippen LogP contribution < -0.4 is 15.4 Å². The molecule has 144 valence electrons. The average Bonchev–Trinajstić information content (AvgIpc) is 3.03. The number of fused-ring (bicyclic) bond motifs is 2. The first kappa shape index (κ1) is 18.9. The Morgan fingerprint density at radius 3 is 2.82 bits per heavy atom. The Morgan fingerprint density at radius 2 is 2.04 bits per heavy atom. The topological polar surface area (TPSA) is 66.2 Å². The van der Waals surface area contributed by atoms with E-state index in [1.807, 2.05) is 51.1 Å². The minimum atomic E-state index is -0.488. The minimum absolute atomic E-state index is 0.0267. The predicted molar refractivity (Wildman–Crippen MR) is 117 cm³/mol. The van der Waals surface area contributed by atoms with Gasteiger partial charge in [-0.25, -0.2) is 0 Å². The van der Waals surface area contributed by atoms with Gasteiger partial charge in [-0.3, -0.25) is 10.1 Å². The van der Waals surface area contributed by atoms with Gasteiger partial charge in [0.2, 0.25) is 0 Å². The van der Waals surface area contributed by atoms with Crippen molar-refractivity contribution in [2.45, 2.75) is 27.0 Å². The number of Topliss-reactive ketones (excluding diaryl/α,β-unsaturated/α-hetero) is 1. The van der Waals surface area contributed by atoms with Crippen molar-refractivity contribution >= 4 is 45.2 Å². The number of aryl methyl sites for hydroxylation is 2. The molecular weight excluding hydrogens is 390 g/mol. The number of nitrogens with one attached hydrogen (secondary N) is 3. The highest BCUT2D eigenvalue weighted by atomic mass is 32.1. The number of carbonyl (C=O) groups excluding carboxylic acids is 1. The number of rotatable bonds is 4. The SMILES string of the molecule is CCNC1Oc2cc(C)c(C)cc2C(=O)/C1=C/Nc1ccc2[nH]c(=S)sc2c1. The van der Waals surface area contributed by atoms with E-state index in [-0.39, 0.29) is 5.78 Å². The summed E-state index contributed by atoms with van der Waals surface area (Å²) in [7, 11) is 0. The highest BCUT2D eigenvalue weighted by Crippen LogP contribution is 2.32. The lowest BCUT2D eigenvalue weighted by molar-refractivity contribution is 0.0938. The first-order chi connectivity index (χ1) is 13.5. The second-order valence-electron chi connectivity index (χ2n) is 6.79. The number of aromatic nitrogens is 1. The second kappa shape index (κ2) is 7.50. The maximum Gasteiger partial charge on any atom is 0.199 e. The molecule has 7 heteroatoms. The molecule has 2 aromatic carbocycles. The van der Waals surface area contributed by atoms with Gasteiger partial charge in [-0.2, -0.15) is 0 Å². The van der Waals surface area contributed by atoms with E-state index < -0.39 is 6.23 Å². The van der Waals surface area contributed by atoms with Crippen LogP contribution in [0.3, 0.4) is 0 Å². The lowest BCUT2D eigenvalue weighted by atomic mass is 9.95. The van der Waals surface area contributed by atoms with Crippen LogP contribution in [0.15, 0.2) is 42.1 Å². The van der Waals surface area contributed by atoms with Gasteiger partial charge >= 0.3 is 0 Å². The Labute approximate surface area is 172 Å². The van der Waals surface area contributed by atoms with Gasteiger partial charge < -0.3 is 15.0 Å². The van der Waals surface area contributed by atoms with E-state index in [0.717, 1.165) is 31.0 Å². The van der Waals surface area contributed by atoms with Crippen molar-refractivity contribution in [1.82, 2.24) is 10.3 Å². The van der Waals surface area contributed by atoms with Crippen LogP contribution in [-0.4, -0.2) is 23.5 Å². The Hall–Kier alpha value is -2.48. The van der Waals surface area contributed by atoms with Crippen molar-refractivity contribution in [2.24, 2.45) is 0 Å². The van der Waals surface area contributed by atoms with Gasteiger partial charge in [0.05, 0.1) is 21.4 Å². The molecule has 0 bridgehead atoms. The number of carbonyl (C=O) groups is 1. The van der Waals surface area contributed by atoms with Crippen LogP contribution >= 0.6 is 23.6 Å². The van der Waals surface area contributed by atoms with E-state index >= 15 is 0 Å². The maximum atomic E-state index is 13.2. The van der Waals surface area contributed by atoms with Gasteiger partial charge in [0.15, 0.2) is 16.0 Å². The van der Waals surface area contributed by atoms with Crippen molar-refractivity contribution in [3.05, 3.63) is 62.7 Å². The molecule has 0 aliphatic carbocycles. The molecule has 0 fully saturated rings. The summed E-state index contributed by atoms with van der Waals surface area (Å²) < 4.78 is 7.91. The van der Waals surface area contributed by atoms with Crippen molar-refractivity contribution < 1.29 is 9.53 Å². The molecule has 0 saturated heterocycles. The molecule has 28 heavy (non-hydrogen) atoms. The first-order valence-electron chi connectivity index (χ1n) is 9.11. The van der Waals surface area contributed by atoms with Gasteiger partial charge in [-0.1, -0.05) is 6.92 Å². The quantitative estimate of drug-likeness (QED) is 0.413. The van der Waals surface area contributed by atoms with E-state index in [0.29, 0.717) is 23.4 Å². The van der Waals surface area contributed by atoms with E-state index in [1.54, 1.807) is 6.20 Å². The zero-order valence-corrected chi connectivity index (χ0v) is 17.5. The van der Waals surface area contributed by atoms with Crippen LogP contribution in [0.5, 0.6) is 5.75 Å². The molecule has 3 aromatic rings. The first-order valence-corrected chi connectivity index (χ1v) is 10.3. The molecule has 1 aromatic heterocycles. The van der Waals surface area contributed by atoms with Crippen LogP contribution in [0.2, 0.25) is 0 Å². The Morgan fingerprint density at radius 1 is 1.25 bits per heavy atom. The highest BCUT2D eigenvalue weighted by Gasteiger charge is 2.31. The zero-order valence-electron chi connectivity index (χ0n) is 15.9. The molecule has 0 spiro atoms. The fraction of sp³-hybridized carbons (Fsp3) is 0.238. The van der Waals surface area contributed by atoms with Crippen molar-refractivity contribution in [1.29, 1.82) is 0 Å². The Bertz CT molecular complexity index is 1160. The summed E-state index contributed by atoms with van der Waals surface area (Å²) in [6, 6.07) is 9.79. The molecule has 0 radical (unpaired) electrons. The number of ketones is 1. The van der Waals surface area contributed by atoms with Gasteiger partial charge in [0, 0.05) is 11.9 Å². The monoisotopic (exact) mass is 411 g/mol. The smallest absolute Gasteiger partial charge is 0.199 e. The third kappa shape index (κ3) is 3.48. The lowest BCUT2D eigenvalue weighted by Crippen LogP contribution is -2.42. The second-order valence-corrected chi connectivity index (χ2v) is 8.51. The van der Waals surface area contributed by atoms with Crippen LogP contribution in [-0.2, 0) is 0 Å². The van der Waals surface area contributed by atoms with E-state index in [9.17, 15) is 4.79 Å². The number of thiazole rings is 1. The molecule has 4 rings (SSSR count). The van der Waals surface area contributed by atoms with Crippen LogP contribution in [0, 0.1) is 17.8 Å². The number of hydrogen-bond acceptors (Lipinski definition) is 6. The molecule has 2 heterocycles. The number of hydrogen-bond donors (Lipinski definition) is 3. The summed E-state index contributed by atoms with van der Waals surface area (Å²) in [5, 5.41) is 6.49. The summed E-state index contributed by atoms with van der Waals surface area (Å²) in [5.74, 6) is 0.603. The third-order valence-electron chi connectivity index (χ3n) is 4.83. The van der Waals surface area contributed by atoms with Crippen molar-refractivity contribution in [3.63, 3.8) is 0 Å². The van der Waals surface area contributed by atoms with E-state index in [2.05, 4.69) is 15.6 Å². The van der Waals surface area contributed by atoms with Gasteiger partial charge in [-0.15, -0.1) is 11.3 Å². The van der Waals surface area contributed by atoms with Gasteiger partial charge in [0.25, 0.3) is 0 Å². The van der Waals surface area contributed by atoms with E-state index in [4.69, 9.17) is 17.0 Å². The molecule has 0 saturated carbocycles. The Kier molecular flexibility index (Phi) is 5.05. The molecule has 0 amide bonds. The lowest BCUT2D eigenvalue weighted by Gasteiger charge is -2.29. The fourth-order valence-electron chi connectivity index (χ4n) is 3.20. The number of benzene rings is 2. The zero-order chi connectivity index (χ0) is 19.8. The molecule has 5 nitrogen and oxygen atoms in total. The van der Waals surface area contributed by atoms with Crippen LogP contribution in [0.25, 0.3) is 10.2 Å². The van der Waals surface area contributed by atoms with Crippen molar-refractivity contribution in [2.75, 3.05) is 11.9 Å². The minimum Gasteiger partial charge on any atom is -0.470 e. The molecule has 1 unspecified atom stereocenters. The predicted octanol–water partition coefficient (Wildman–Crippen LogP) is 5.08. The summed E-state index contributed by atoms with van der Waals surface area (Å²) in [4.78, 5) is 16.3. The standard InChI is InChI=1S/C21H21N3O2S2/c1-4-22-20-15(19(25)14-7-11(2)12(3)8-17(14)26-20)10-23-13-5-6-16-18(9-13)28-21(27)24-16/h5-10,20,22-23H,4H2,1-3H3,(H,24,27)/b15-10-. The number of H-pyrrole nitrogens is 1. The summed E-state index contributed by atoms with van der Waals surface area (Å²) in [6.45, 7) is 6.70. The summed E-state index contributed by atoms with van der Waals surface area (Å²) >= 11 is 6.73. The molecular formula is C21H21N3O2S2. The number of anilines is 1. The average molecular weight is 412 g/mol. The molecule has 1 atom stereocenters. The number of ether oxygens (including phenoxy) is 1. The van der Waals surface area contributed by atoms with Crippen LogP contribution in [0.4, 0.5) is 5.69 Å². The molecule has 3 N–H and O–H groups in total.